The zero-order chi connectivity index (χ0) is 13.9. The van der Waals surface area contributed by atoms with Gasteiger partial charge in [0.2, 0.25) is 10.0 Å². The Bertz CT molecular complexity index is 515. The lowest BCUT2D eigenvalue weighted by molar-refractivity contribution is 0.481. The molecule has 18 heavy (non-hydrogen) atoms. The Morgan fingerprint density at radius 2 is 2.00 bits per heavy atom. The maximum absolute atomic E-state index is 12.1. The van der Waals surface area contributed by atoms with Gasteiger partial charge in [0.15, 0.2) is 0 Å². The van der Waals surface area contributed by atoms with Crippen molar-refractivity contribution in [3.63, 3.8) is 0 Å². The molecule has 1 rings (SSSR count). The smallest absolute Gasteiger partial charge is 0.240 e. The zero-order valence-electron chi connectivity index (χ0n) is 10.8. The molecule has 6 heteroatoms. The predicted octanol–water partition coefficient (Wildman–Crippen LogP) is 2.02. The molecule has 0 aliphatic heterocycles. The van der Waals surface area contributed by atoms with Gasteiger partial charge in [0.05, 0.1) is 4.90 Å². The summed E-state index contributed by atoms with van der Waals surface area (Å²) in [6.07, 6.45) is 0. The van der Waals surface area contributed by atoms with Crippen molar-refractivity contribution in [2.45, 2.75) is 31.7 Å². The van der Waals surface area contributed by atoms with Crippen molar-refractivity contribution in [1.29, 1.82) is 0 Å². The summed E-state index contributed by atoms with van der Waals surface area (Å²) in [4.78, 5) is 0.285. The van der Waals surface area contributed by atoms with Crippen LogP contribution < -0.4 is 10.5 Å². The standard InChI is InChI=1S/C12H19BrN2O2S/c1-8(2)11(14)7-15-18(16,17)12-6-10(13)5-4-9(12)3/h4-6,8,11,15H,7,14H2,1-3H3. The molecule has 102 valence electrons. The van der Waals surface area contributed by atoms with E-state index in [0.29, 0.717) is 5.56 Å². The lowest BCUT2D eigenvalue weighted by Gasteiger charge is -2.17. The number of halogens is 1. The minimum absolute atomic E-state index is 0.188. The Morgan fingerprint density at radius 1 is 1.39 bits per heavy atom. The molecular formula is C12H19BrN2O2S. The summed E-state index contributed by atoms with van der Waals surface area (Å²) >= 11 is 3.28. The first-order chi connectivity index (χ1) is 8.24. The molecule has 1 atom stereocenters. The average molecular weight is 335 g/mol. The fraction of sp³-hybridized carbons (Fsp3) is 0.500. The molecule has 0 aliphatic rings. The topological polar surface area (TPSA) is 72.2 Å². The molecule has 0 aliphatic carbocycles. The van der Waals surface area contributed by atoms with Crippen LogP contribution >= 0.6 is 15.9 Å². The van der Waals surface area contributed by atoms with Crippen LogP contribution in [0.3, 0.4) is 0 Å². The van der Waals surface area contributed by atoms with E-state index in [1.807, 2.05) is 19.9 Å². The molecule has 0 heterocycles. The number of hydrogen-bond acceptors (Lipinski definition) is 3. The van der Waals surface area contributed by atoms with Gasteiger partial charge in [-0.3, -0.25) is 0 Å². The van der Waals surface area contributed by atoms with Gasteiger partial charge in [-0.05, 0) is 30.5 Å². The van der Waals surface area contributed by atoms with Gasteiger partial charge in [-0.2, -0.15) is 0 Å². The van der Waals surface area contributed by atoms with Gasteiger partial charge in [-0.15, -0.1) is 0 Å². The highest BCUT2D eigenvalue weighted by Crippen LogP contribution is 2.20. The van der Waals surface area contributed by atoms with Gasteiger partial charge < -0.3 is 5.73 Å². The highest BCUT2D eigenvalue weighted by atomic mass is 79.9. The van der Waals surface area contributed by atoms with E-state index in [2.05, 4.69) is 20.7 Å². The minimum atomic E-state index is -3.50. The number of aryl methyl sites for hydroxylation is 1. The van der Waals surface area contributed by atoms with Crippen LogP contribution in [0.2, 0.25) is 0 Å². The van der Waals surface area contributed by atoms with Crippen LogP contribution in [0.15, 0.2) is 27.6 Å². The lowest BCUT2D eigenvalue weighted by Crippen LogP contribution is -2.40. The van der Waals surface area contributed by atoms with E-state index < -0.39 is 10.0 Å². The van der Waals surface area contributed by atoms with Gasteiger partial charge in [-0.1, -0.05) is 35.8 Å². The zero-order valence-corrected chi connectivity index (χ0v) is 13.2. The predicted molar refractivity (Wildman–Crippen MR) is 76.9 cm³/mol. The molecular weight excluding hydrogens is 316 g/mol. The first-order valence-electron chi connectivity index (χ1n) is 5.75. The van der Waals surface area contributed by atoms with Gasteiger partial charge in [0, 0.05) is 17.1 Å². The highest BCUT2D eigenvalue weighted by molar-refractivity contribution is 9.10. The quantitative estimate of drug-likeness (QED) is 0.865. The Labute approximate surface area is 117 Å². The number of nitrogens with one attached hydrogen (secondary N) is 1. The van der Waals surface area contributed by atoms with Gasteiger partial charge in [-0.25, -0.2) is 13.1 Å². The third kappa shape index (κ3) is 4.05. The summed E-state index contributed by atoms with van der Waals surface area (Å²) < 4.78 is 27.6. The van der Waals surface area contributed by atoms with E-state index in [0.717, 1.165) is 4.47 Å². The molecule has 0 radical (unpaired) electrons. The van der Waals surface area contributed by atoms with Crippen LogP contribution in [-0.2, 0) is 10.0 Å². The Morgan fingerprint density at radius 3 is 2.56 bits per heavy atom. The van der Waals surface area contributed by atoms with Crippen molar-refractivity contribution in [2.24, 2.45) is 11.7 Å². The van der Waals surface area contributed by atoms with Crippen molar-refractivity contribution in [2.75, 3.05) is 6.54 Å². The molecule has 0 saturated heterocycles. The van der Waals surface area contributed by atoms with E-state index in [4.69, 9.17) is 5.73 Å². The van der Waals surface area contributed by atoms with Crippen molar-refractivity contribution < 1.29 is 8.42 Å². The summed E-state index contributed by atoms with van der Waals surface area (Å²) in [5, 5.41) is 0. The maximum atomic E-state index is 12.1. The second-order valence-electron chi connectivity index (χ2n) is 4.67. The van der Waals surface area contributed by atoms with Crippen molar-refractivity contribution in [3.05, 3.63) is 28.2 Å². The number of sulfonamides is 1. The molecule has 0 amide bonds. The molecule has 1 aromatic rings. The third-order valence-corrected chi connectivity index (χ3v) is 4.86. The SMILES string of the molecule is Cc1ccc(Br)cc1S(=O)(=O)NCC(N)C(C)C. The fourth-order valence-electron chi connectivity index (χ4n) is 1.38. The van der Waals surface area contributed by atoms with Crippen LogP contribution in [0, 0.1) is 12.8 Å². The van der Waals surface area contributed by atoms with E-state index in [1.54, 1.807) is 19.1 Å². The molecule has 0 fully saturated rings. The minimum Gasteiger partial charge on any atom is -0.326 e. The maximum Gasteiger partial charge on any atom is 0.240 e. The molecule has 0 aromatic heterocycles. The lowest BCUT2D eigenvalue weighted by atomic mass is 10.1. The summed E-state index contributed by atoms with van der Waals surface area (Å²) in [5.74, 6) is 0.233. The van der Waals surface area contributed by atoms with E-state index in [1.165, 1.54) is 0 Å². The van der Waals surface area contributed by atoms with Crippen molar-refractivity contribution in [3.8, 4) is 0 Å². The molecule has 3 N–H and O–H groups in total. The Hall–Kier alpha value is -0.430. The van der Waals surface area contributed by atoms with Crippen LogP contribution in [0.25, 0.3) is 0 Å². The second-order valence-corrected chi connectivity index (χ2v) is 7.32. The molecule has 0 bridgehead atoms. The van der Waals surface area contributed by atoms with Gasteiger partial charge in [0.25, 0.3) is 0 Å². The van der Waals surface area contributed by atoms with E-state index >= 15 is 0 Å². The number of nitrogens with two attached hydrogens (primary N) is 1. The highest BCUT2D eigenvalue weighted by Gasteiger charge is 2.18. The normalized spacial score (nSPS) is 13.9. The number of rotatable bonds is 5. The van der Waals surface area contributed by atoms with Gasteiger partial charge in [0.1, 0.15) is 0 Å². The molecule has 1 unspecified atom stereocenters. The Kier molecular flexibility index (Phi) is 5.33. The number of hydrogen-bond donors (Lipinski definition) is 2. The molecule has 4 nitrogen and oxygen atoms in total. The monoisotopic (exact) mass is 334 g/mol. The van der Waals surface area contributed by atoms with Crippen LogP contribution in [0.5, 0.6) is 0 Å². The van der Waals surface area contributed by atoms with Crippen molar-refractivity contribution >= 4 is 26.0 Å². The number of benzene rings is 1. The first kappa shape index (κ1) is 15.6. The average Bonchev–Trinajstić information content (AvgIpc) is 2.29. The third-order valence-electron chi connectivity index (χ3n) is 2.81. The van der Waals surface area contributed by atoms with Crippen LogP contribution in [0.1, 0.15) is 19.4 Å². The largest absolute Gasteiger partial charge is 0.326 e. The van der Waals surface area contributed by atoms with Crippen molar-refractivity contribution in [1.82, 2.24) is 4.72 Å². The van der Waals surface area contributed by atoms with Crippen LogP contribution in [-0.4, -0.2) is 21.0 Å². The molecule has 0 spiro atoms. The van der Waals surface area contributed by atoms with E-state index in [9.17, 15) is 8.42 Å². The van der Waals surface area contributed by atoms with E-state index in [-0.39, 0.29) is 23.4 Å². The van der Waals surface area contributed by atoms with Crippen LogP contribution in [0.4, 0.5) is 0 Å². The molecule has 1 aromatic carbocycles. The molecule has 0 saturated carbocycles. The summed E-state index contributed by atoms with van der Waals surface area (Å²) in [6, 6.07) is 4.99. The summed E-state index contributed by atoms with van der Waals surface area (Å²) in [6.45, 7) is 5.93. The first-order valence-corrected chi connectivity index (χ1v) is 8.03. The Balaban J connectivity index is 2.90. The fourth-order valence-corrected chi connectivity index (χ4v) is 3.24. The second kappa shape index (κ2) is 6.14. The summed E-state index contributed by atoms with van der Waals surface area (Å²) in [5.41, 5.74) is 6.55. The summed E-state index contributed by atoms with van der Waals surface area (Å²) in [7, 11) is -3.50. The van der Waals surface area contributed by atoms with Gasteiger partial charge >= 0.3 is 0 Å².